The zero-order chi connectivity index (χ0) is 18.5. The highest BCUT2D eigenvalue weighted by Gasteiger charge is 2.35. The highest BCUT2D eigenvalue weighted by atomic mass is 16.5. The Morgan fingerprint density at radius 1 is 1.00 bits per heavy atom. The van der Waals surface area contributed by atoms with Gasteiger partial charge in [0, 0.05) is 38.3 Å². The van der Waals surface area contributed by atoms with Crippen LogP contribution in [0.25, 0.3) is 0 Å². The summed E-state index contributed by atoms with van der Waals surface area (Å²) >= 11 is 0. The molecule has 0 bridgehead atoms. The molecule has 0 aromatic heterocycles. The SMILES string of the molecule is CN=C(NCc1cc(OC)c(OC)cc1OC)N1CC2CCCCC2C1. The van der Waals surface area contributed by atoms with Gasteiger partial charge in [0.1, 0.15) is 5.75 Å². The second-order valence-electron chi connectivity index (χ2n) is 7.13. The van der Waals surface area contributed by atoms with Gasteiger partial charge in [-0.15, -0.1) is 0 Å². The molecule has 1 N–H and O–H groups in total. The first-order valence-electron chi connectivity index (χ1n) is 9.44. The fraction of sp³-hybridized carbons (Fsp3) is 0.650. The van der Waals surface area contributed by atoms with E-state index in [2.05, 4.69) is 15.2 Å². The molecule has 2 aliphatic rings. The Labute approximate surface area is 156 Å². The number of nitrogens with one attached hydrogen (secondary N) is 1. The molecule has 1 aliphatic carbocycles. The molecule has 0 amide bonds. The second-order valence-corrected chi connectivity index (χ2v) is 7.13. The quantitative estimate of drug-likeness (QED) is 0.646. The van der Waals surface area contributed by atoms with Crippen LogP contribution in [0, 0.1) is 11.8 Å². The molecule has 1 aromatic rings. The third-order valence-corrected chi connectivity index (χ3v) is 5.71. The summed E-state index contributed by atoms with van der Waals surface area (Å²) in [6.45, 7) is 2.86. The third kappa shape index (κ3) is 3.84. The lowest BCUT2D eigenvalue weighted by atomic mass is 9.82. The summed E-state index contributed by atoms with van der Waals surface area (Å²) in [6, 6.07) is 3.82. The van der Waals surface area contributed by atoms with Crippen LogP contribution in [0.5, 0.6) is 17.2 Å². The number of guanidine groups is 1. The van der Waals surface area contributed by atoms with Crippen molar-refractivity contribution >= 4 is 5.96 Å². The minimum atomic E-state index is 0.627. The van der Waals surface area contributed by atoms with Gasteiger partial charge in [0.05, 0.1) is 21.3 Å². The maximum absolute atomic E-state index is 5.53. The second kappa shape index (κ2) is 8.52. The van der Waals surface area contributed by atoms with Gasteiger partial charge in [-0.1, -0.05) is 12.8 Å². The molecule has 6 nitrogen and oxygen atoms in total. The molecule has 1 saturated heterocycles. The van der Waals surface area contributed by atoms with Crippen LogP contribution in [0.3, 0.4) is 0 Å². The number of aliphatic imine (C=N–C) groups is 1. The van der Waals surface area contributed by atoms with E-state index in [1.165, 1.54) is 25.7 Å². The maximum Gasteiger partial charge on any atom is 0.193 e. The molecule has 26 heavy (non-hydrogen) atoms. The monoisotopic (exact) mass is 361 g/mol. The number of benzene rings is 1. The van der Waals surface area contributed by atoms with Gasteiger partial charge in [-0.05, 0) is 30.7 Å². The van der Waals surface area contributed by atoms with Gasteiger partial charge in [0.15, 0.2) is 17.5 Å². The highest BCUT2D eigenvalue weighted by molar-refractivity contribution is 5.80. The first-order valence-corrected chi connectivity index (χ1v) is 9.44. The van der Waals surface area contributed by atoms with Crippen LogP contribution in [0.1, 0.15) is 31.2 Å². The average molecular weight is 361 g/mol. The molecular weight excluding hydrogens is 330 g/mol. The van der Waals surface area contributed by atoms with Crippen LogP contribution in [0.15, 0.2) is 17.1 Å². The van der Waals surface area contributed by atoms with Gasteiger partial charge in [-0.25, -0.2) is 0 Å². The van der Waals surface area contributed by atoms with E-state index in [1.54, 1.807) is 21.3 Å². The Balaban J connectivity index is 1.69. The predicted molar refractivity (Wildman–Crippen MR) is 103 cm³/mol. The van der Waals surface area contributed by atoms with E-state index < -0.39 is 0 Å². The minimum absolute atomic E-state index is 0.627. The summed E-state index contributed by atoms with van der Waals surface area (Å²) < 4.78 is 16.3. The van der Waals surface area contributed by atoms with Gasteiger partial charge >= 0.3 is 0 Å². The molecular formula is C20H31N3O3. The van der Waals surface area contributed by atoms with Crippen molar-refractivity contribution in [3.05, 3.63) is 17.7 Å². The summed E-state index contributed by atoms with van der Waals surface area (Å²) in [5, 5.41) is 3.50. The van der Waals surface area contributed by atoms with E-state index in [0.29, 0.717) is 18.0 Å². The van der Waals surface area contributed by atoms with Crippen molar-refractivity contribution in [2.24, 2.45) is 16.8 Å². The van der Waals surface area contributed by atoms with Gasteiger partial charge in [0.2, 0.25) is 0 Å². The minimum Gasteiger partial charge on any atom is -0.496 e. The van der Waals surface area contributed by atoms with Crippen molar-refractivity contribution in [3.63, 3.8) is 0 Å². The summed E-state index contributed by atoms with van der Waals surface area (Å²) in [4.78, 5) is 6.92. The van der Waals surface area contributed by atoms with E-state index in [4.69, 9.17) is 14.2 Å². The average Bonchev–Trinajstić information content (AvgIpc) is 3.11. The molecule has 144 valence electrons. The molecule has 0 radical (unpaired) electrons. The largest absolute Gasteiger partial charge is 0.496 e. The first kappa shape index (κ1) is 18.7. The van der Waals surface area contributed by atoms with Crippen molar-refractivity contribution in [1.82, 2.24) is 10.2 Å². The van der Waals surface area contributed by atoms with Crippen LogP contribution in [0.2, 0.25) is 0 Å². The van der Waals surface area contributed by atoms with Crippen molar-refractivity contribution in [1.29, 1.82) is 0 Å². The first-order chi connectivity index (χ1) is 12.7. The number of hydrogen-bond donors (Lipinski definition) is 1. The maximum atomic E-state index is 5.53. The Morgan fingerprint density at radius 3 is 2.12 bits per heavy atom. The fourth-order valence-electron chi connectivity index (χ4n) is 4.32. The number of rotatable bonds is 5. The van der Waals surface area contributed by atoms with Crippen LogP contribution in [0.4, 0.5) is 0 Å². The number of methoxy groups -OCH3 is 3. The predicted octanol–water partition coefficient (Wildman–Crippen LogP) is 2.91. The van der Waals surface area contributed by atoms with Crippen LogP contribution >= 0.6 is 0 Å². The molecule has 1 heterocycles. The van der Waals surface area contributed by atoms with E-state index in [1.807, 2.05) is 19.2 Å². The van der Waals surface area contributed by atoms with Crippen molar-refractivity contribution in [3.8, 4) is 17.2 Å². The molecule has 6 heteroatoms. The van der Waals surface area contributed by atoms with Crippen LogP contribution in [-0.2, 0) is 6.54 Å². The van der Waals surface area contributed by atoms with E-state index in [-0.39, 0.29) is 0 Å². The highest BCUT2D eigenvalue weighted by Crippen LogP contribution is 2.36. The number of likely N-dealkylation sites (tertiary alicyclic amines) is 1. The third-order valence-electron chi connectivity index (χ3n) is 5.71. The van der Waals surface area contributed by atoms with Gasteiger partial charge in [-0.2, -0.15) is 0 Å². The van der Waals surface area contributed by atoms with Gasteiger partial charge < -0.3 is 24.4 Å². The van der Waals surface area contributed by atoms with Crippen molar-refractivity contribution < 1.29 is 14.2 Å². The van der Waals surface area contributed by atoms with E-state index >= 15 is 0 Å². The molecule has 1 saturated carbocycles. The van der Waals surface area contributed by atoms with Gasteiger partial charge in [0.25, 0.3) is 0 Å². The van der Waals surface area contributed by atoms with Gasteiger partial charge in [-0.3, -0.25) is 4.99 Å². The molecule has 2 unspecified atom stereocenters. The van der Waals surface area contributed by atoms with Crippen molar-refractivity contribution in [2.45, 2.75) is 32.2 Å². The zero-order valence-corrected chi connectivity index (χ0v) is 16.4. The zero-order valence-electron chi connectivity index (χ0n) is 16.4. The van der Waals surface area contributed by atoms with Crippen LogP contribution in [-0.4, -0.2) is 52.3 Å². The number of hydrogen-bond acceptors (Lipinski definition) is 4. The molecule has 1 aromatic carbocycles. The fourth-order valence-corrected chi connectivity index (χ4v) is 4.32. The number of nitrogens with zero attached hydrogens (tertiary/aromatic N) is 2. The Hall–Kier alpha value is -2.11. The molecule has 2 fully saturated rings. The van der Waals surface area contributed by atoms with E-state index in [9.17, 15) is 0 Å². The van der Waals surface area contributed by atoms with E-state index in [0.717, 1.165) is 42.2 Å². The summed E-state index contributed by atoms with van der Waals surface area (Å²) in [7, 11) is 6.80. The van der Waals surface area contributed by atoms with Crippen molar-refractivity contribution in [2.75, 3.05) is 41.5 Å². The lowest BCUT2D eigenvalue weighted by Crippen LogP contribution is -2.40. The topological polar surface area (TPSA) is 55.3 Å². The summed E-state index contributed by atoms with van der Waals surface area (Å²) in [6.07, 6.45) is 5.48. The Kier molecular flexibility index (Phi) is 6.12. The lowest BCUT2D eigenvalue weighted by molar-refractivity contribution is 0.299. The molecule has 3 rings (SSSR count). The molecule has 1 aliphatic heterocycles. The summed E-state index contributed by atoms with van der Waals surface area (Å²) in [5.74, 6) is 4.78. The summed E-state index contributed by atoms with van der Waals surface area (Å²) in [5.41, 5.74) is 1.02. The standard InChI is InChI=1S/C20H31N3O3/c1-21-20(23-12-14-7-5-6-8-15(14)13-23)22-11-16-9-18(25-3)19(26-4)10-17(16)24-2/h9-10,14-15H,5-8,11-13H2,1-4H3,(H,21,22). The smallest absolute Gasteiger partial charge is 0.193 e. The Bertz CT molecular complexity index is 633. The lowest BCUT2D eigenvalue weighted by Gasteiger charge is -2.22. The molecule has 2 atom stereocenters. The Morgan fingerprint density at radius 2 is 1.58 bits per heavy atom. The molecule has 0 spiro atoms. The number of fused-ring (bicyclic) bond motifs is 1. The number of ether oxygens (including phenoxy) is 3. The normalized spacial score (nSPS) is 22.8. The van der Waals surface area contributed by atoms with Crippen LogP contribution < -0.4 is 19.5 Å².